The molecule has 14 heteroatoms. The van der Waals surface area contributed by atoms with Gasteiger partial charge in [-0.15, -0.1) is 0 Å². The van der Waals surface area contributed by atoms with Crippen LogP contribution in [-0.4, -0.2) is 96.8 Å². The first-order valence-electron chi connectivity index (χ1n) is 17.7. The summed E-state index contributed by atoms with van der Waals surface area (Å²) in [5.74, 6) is -10.2. The summed E-state index contributed by atoms with van der Waals surface area (Å²) in [6, 6.07) is 0. The molecule has 3 rings (SSSR count). The fourth-order valence-corrected chi connectivity index (χ4v) is 8.14. The zero-order chi connectivity index (χ0) is 36.9. The van der Waals surface area contributed by atoms with Crippen LogP contribution in [0.2, 0.25) is 0 Å². The van der Waals surface area contributed by atoms with Gasteiger partial charge in [0.15, 0.2) is 6.10 Å². The Morgan fingerprint density at radius 2 is 1.53 bits per heavy atom. The zero-order valence-electron chi connectivity index (χ0n) is 29.6. The summed E-state index contributed by atoms with van der Waals surface area (Å²) in [5, 5.41) is 53.8. The van der Waals surface area contributed by atoms with E-state index in [2.05, 4.69) is 6.92 Å². The maximum Gasteiger partial charge on any atom is 0.344 e. The summed E-state index contributed by atoms with van der Waals surface area (Å²) < 4.78 is 22.5. The Labute approximate surface area is 287 Å². The zero-order valence-corrected chi connectivity index (χ0v) is 29.6. The predicted molar refractivity (Wildman–Crippen MR) is 172 cm³/mol. The summed E-state index contributed by atoms with van der Waals surface area (Å²) in [5.41, 5.74) is -7.30. The van der Waals surface area contributed by atoms with Crippen LogP contribution in [0.3, 0.4) is 0 Å². The maximum absolute atomic E-state index is 13.1. The van der Waals surface area contributed by atoms with Crippen LogP contribution in [0.4, 0.5) is 0 Å². The highest BCUT2D eigenvalue weighted by Crippen LogP contribution is 2.56. The molecule has 2 saturated heterocycles. The second-order valence-electron chi connectivity index (χ2n) is 14.9. The van der Waals surface area contributed by atoms with E-state index in [-0.39, 0.29) is 24.7 Å². The molecule has 2 aliphatic heterocycles. The summed E-state index contributed by atoms with van der Waals surface area (Å²) in [6.07, 6.45) is -0.120. The molecule has 2 bridgehead atoms. The van der Waals surface area contributed by atoms with Gasteiger partial charge in [-0.05, 0) is 55.3 Å². The number of aliphatic hydroxyl groups excluding tert-OH is 1. The van der Waals surface area contributed by atoms with Crippen molar-refractivity contribution in [1.82, 2.24) is 0 Å². The van der Waals surface area contributed by atoms with Crippen LogP contribution < -0.4 is 0 Å². The number of carboxylic acid groups (broad SMARTS) is 3. The number of rotatable bonds is 18. The number of ether oxygens (including phenoxy) is 4. The highest BCUT2D eigenvalue weighted by atomic mass is 16.8. The largest absolute Gasteiger partial charge is 0.479 e. The summed E-state index contributed by atoms with van der Waals surface area (Å²) in [7, 11) is 0. The average Bonchev–Trinajstić information content (AvgIpc) is 3.25. The van der Waals surface area contributed by atoms with E-state index in [1.54, 1.807) is 6.92 Å². The lowest BCUT2D eigenvalue weighted by Crippen LogP contribution is -2.78. The summed E-state index contributed by atoms with van der Waals surface area (Å²) in [6.45, 7) is 11.1. The monoisotopic (exact) mass is 700 g/mol. The Morgan fingerprint density at radius 1 is 0.898 bits per heavy atom. The molecule has 1 aliphatic carbocycles. The van der Waals surface area contributed by atoms with Gasteiger partial charge in [-0.25, -0.2) is 14.4 Å². The van der Waals surface area contributed by atoms with E-state index in [1.165, 1.54) is 13.3 Å². The Balaban J connectivity index is 1.95. The summed E-state index contributed by atoms with van der Waals surface area (Å²) in [4.78, 5) is 63.3. The van der Waals surface area contributed by atoms with E-state index in [9.17, 15) is 49.5 Å². The molecule has 5 N–H and O–H groups in total. The van der Waals surface area contributed by atoms with Gasteiger partial charge in [0, 0.05) is 19.8 Å². The van der Waals surface area contributed by atoms with Crippen molar-refractivity contribution in [2.75, 3.05) is 0 Å². The van der Waals surface area contributed by atoms with E-state index in [1.807, 2.05) is 20.8 Å². The quantitative estimate of drug-likeness (QED) is 0.128. The Bertz CT molecular complexity index is 1200. The van der Waals surface area contributed by atoms with Crippen LogP contribution in [0.15, 0.2) is 0 Å². The number of esters is 2. The number of carbonyl (C=O) groups excluding carboxylic acids is 2. The summed E-state index contributed by atoms with van der Waals surface area (Å²) >= 11 is 0. The minimum atomic E-state index is -3.83. The van der Waals surface area contributed by atoms with Crippen molar-refractivity contribution >= 4 is 29.8 Å². The van der Waals surface area contributed by atoms with E-state index in [4.69, 9.17) is 18.9 Å². The van der Waals surface area contributed by atoms with Gasteiger partial charge in [0.25, 0.3) is 0 Å². The van der Waals surface area contributed by atoms with E-state index < -0.39 is 83.6 Å². The number of aliphatic hydroxyl groups is 2. The van der Waals surface area contributed by atoms with Gasteiger partial charge in [-0.3, -0.25) is 9.59 Å². The van der Waals surface area contributed by atoms with Crippen LogP contribution in [-0.2, 0) is 42.9 Å². The first-order chi connectivity index (χ1) is 22.9. The number of aliphatic carboxylic acids is 3. The molecule has 3 fully saturated rings. The van der Waals surface area contributed by atoms with E-state index >= 15 is 0 Å². The van der Waals surface area contributed by atoms with Gasteiger partial charge in [0.1, 0.15) is 12.2 Å². The molecule has 11 atom stereocenters. The molecule has 0 aromatic carbocycles. The first kappa shape index (κ1) is 40.6. The van der Waals surface area contributed by atoms with Crippen molar-refractivity contribution in [3.05, 3.63) is 0 Å². The molecule has 2 heterocycles. The molecule has 1 saturated carbocycles. The number of carbonyl (C=O) groups is 5. The Morgan fingerprint density at radius 3 is 2.06 bits per heavy atom. The third-order valence-electron chi connectivity index (χ3n) is 11.0. The Hall–Kier alpha value is -2.81. The van der Waals surface area contributed by atoms with Gasteiger partial charge >= 0.3 is 29.8 Å². The Kier molecular flexibility index (Phi) is 13.7. The standard InChI is InChI=1S/C35H56O14/c1-7-19(2)17-20(3)13-14-25(37)47-28-27(38)33(48-29(30(39)40)34(45,31(41)42)35(28,49-33)32(43)44)16-15-21(4)26(46-23(6)36)22(5)18-24-11-9-8-10-12-24/h19-22,24,26-29,38,45H,7-18H2,1-6H3,(H,39,40)(H,41,42)(H,43,44)/t19-,20+,21-,22+,26+,27+,28+,29+,33-,34+,35-/m0/s1. The van der Waals surface area contributed by atoms with Crippen molar-refractivity contribution in [2.24, 2.45) is 29.6 Å². The molecule has 280 valence electrons. The molecular formula is C35H56O14. The number of carboxylic acids is 3. The normalized spacial score (nSPS) is 33.1. The molecule has 14 nitrogen and oxygen atoms in total. The molecule has 0 unspecified atom stereocenters. The molecule has 3 aliphatic rings. The fraction of sp³-hybridized carbons (Fsp3) is 0.857. The van der Waals surface area contributed by atoms with Crippen molar-refractivity contribution in [3.63, 3.8) is 0 Å². The van der Waals surface area contributed by atoms with Gasteiger partial charge in [-0.1, -0.05) is 73.1 Å². The van der Waals surface area contributed by atoms with Crippen LogP contribution in [0.1, 0.15) is 119 Å². The van der Waals surface area contributed by atoms with E-state index in [0.29, 0.717) is 18.3 Å². The number of hydrogen-bond donors (Lipinski definition) is 5. The SMILES string of the molecule is CC[C@H](C)C[C@H](C)CCC(=O)O[C@@H]1[C@@H](O)[C@@]2(CC[C@H](C)[C@@H](OC(C)=O)[C@H](C)CC3CCCCC3)O[C@H](C(=O)O)[C@@](O)(C(=O)O)[C@]1(C(=O)O)O2. The minimum absolute atomic E-state index is 0.0192. The van der Waals surface area contributed by atoms with Gasteiger partial charge in [-0.2, -0.15) is 0 Å². The smallest absolute Gasteiger partial charge is 0.344 e. The van der Waals surface area contributed by atoms with Crippen molar-refractivity contribution < 1.29 is 68.5 Å². The maximum atomic E-state index is 13.1. The number of fused-ring (bicyclic) bond motifs is 2. The highest BCUT2D eigenvalue weighted by Gasteiger charge is 2.85. The highest BCUT2D eigenvalue weighted by molar-refractivity contribution is 5.98. The molecular weight excluding hydrogens is 644 g/mol. The van der Waals surface area contributed by atoms with Gasteiger partial charge in [0.2, 0.25) is 23.1 Å². The minimum Gasteiger partial charge on any atom is -0.479 e. The van der Waals surface area contributed by atoms with Crippen LogP contribution >= 0.6 is 0 Å². The van der Waals surface area contributed by atoms with Crippen molar-refractivity contribution in [3.8, 4) is 0 Å². The van der Waals surface area contributed by atoms with Crippen molar-refractivity contribution in [2.45, 2.75) is 160 Å². The first-order valence-corrected chi connectivity index (χ1v) is 17.7. The van der Waals surface area contributed by atoms with Crippen LogP contribution in [0.5, 0.6) is 0 Å². The number of hydrogen-bond acceptors (Lipinski definition) is 11. The molecule has 0 radical (unpaired) electrons. The molecule has 0 amide bonds. The lowest BCUT2D eigenvalue weighted by atomic mass is 9.74. The van der Waals surface area contributed by atoms with Crippen LogP contribution in [0.25, 0.3) is 0 Å². The van der Waals surface area contributed by atoms with Crippen molar-refractivity contribution in [1.29, 1.82) is 0 Å². The lowest BCUT2D eigenvalue weighted by Gasteiger charge is -2.48. The molecule has 0 aromatic rings. The van der Waals surface area contributed by atoms with E-state index in [0.717, 1.165) is 44.9 Å². The molecule has 0 aromatic heterocycles. The third kappa shape index (κ3) is 8.40. The van der Waals surface area contributed by atoms with Gasteiger partial charge in [0.05, 0.1) is 0 Å². The predicted octanol–water partition coefficient (Wildman–Crippen LogP) is 3.92. The molecule has 0 spiro atoms. The second kappa shape index (κ2) is 16.5. The fourth-order valence-electron chi connectivity index (χ4n) is 8.14. The topological polar surface area (TPSA) is 223 Å². The van der Waals surface area contributed by atoms with Crippen LogP contribution in [0, 0.1) is 29.6 Å². The average molecular weight is 701 g/mol. The lowest BCUT2D eigenvalue weighted by molar-refractivity contribution is -0.374. The molecule has 49 heavy (non-hydrogen) atoms. The van der Waals surface area contributed by atoms with Gasteiger partial charge < -0.3 is 44.5 Å². The second-order valence-corrected chi connectivity index (χ2v) is 14.9. The third-order valence-corrected chi connectivity index (χ3v) is 11.0.